The number of benzene rings is 1. The normalized spacial score (nSPS) is 21.0. The van der Waals surface area contributed by atoms with Gasteiger partial charge < -0.3 is 15.0 Å². The molecular weight excluding hydrogens is 282 g/mol. The largest absolute Gasteiger partial charge is 0.497 e. The van der Waals surface area contributed by atoms with Crippen molar-refractivity contribution in [2.75, 3.05) is 13.7 Å². The molecular formula is C16H21N3OS. The zero-order chi connectivity index (χ0) is 14.7. The van der Waals surface area contributed by atoms with Gasteiger partial charge in [-0.3, -0.25) is 0 Å². The quantitative estimate of drug-likeness (QED) is 0.891. The van der Waals surface area contributed by atoms with Gasteiger partial charge in [0.25, 0.3) is 0 Å². The Morgan fingerprint density at radius 2 is 2.38 bits per heavy atom. The van der Waals surface area contributed by atoms with E-state index in [1.165, 1.54) is 11.1 Å². The molecule has 2 unspecified atom stereocenters. The number of aromatic amines is 1. The fraction of sp³-hybridized carbons (Fsp3) is 0.438. The zero-order valence-electron chi connectivity index (χ0n) is 12.4. The van der Waals surface area contributed by atoms with E-state index >= 15 is 0 Å². The van der Waals surface area contributed by atoms with Crippen LogP contribution in [-0.4, -0.2) is 28.9 Å². The molecule has 0 spiro atoms. The van der Waals surface area contributed by atoms with E-state index in [0.717, 1.165) is 30.3 Å². The van der Waals surface area contributed by atoms with Crippen molar-refractivity contribution in [1.29, 1.82) is 0 Å². The lowest BCUT2D eigenvalue weighted by Crippen LogP contribution is -2.34. The average Bonchev–Trinajstić information content (AvgIpc) is 3.02. The molecule has 0 aliphatic heterocycles. The van der Waals surface area contributed by atoms with E-state index in [2.05, 4.69) is 40.4 Å². The van der Waals surface area contributed by atoms with Gasteiger partial charge in [0, 0.05) is 23.7 Å². The number of imidazole rings is 1. The van der Waals surface area contributed by atoms with Gasteiger partial charge in [-0.2, -0.15) is 0 Å². The summed E-state index contributed by atoms with van der Waals surface area (Å²) >= 11 is 1.83. The second kappa shape index (κ2) is 6.54. The van der Waals surface area contributed by atoms with E-state index < -0.39 is 0 Å². The maximum absolute atomic E-state index is 5.35. The second-order valence-electron chi connectivity index (χ2n) is 5.19. The van der Waals surface area contributed by atoms with Gasteiger partial charge in [-0.25, -0.2) is 4.98 Å². The lowest BCUT2D eigenvalue weighted by atomic mass is 9.87. The van der Waals surface area contributed by atoms with Crippen LogP contribution in [0.2, 0.25) is 0 Å². The number of fused-ring (bicyclic) bond motifs is 1. The number of thioether (sulfide) groups is 1. The minimum absolute atomic E-state index is 0.361. The van der Waals surface area contributed by atoms with Gasteiger partial charge >= 0.3 is 0 Å². The van der Waals surface area contributed by atoms with Crippen LogP contribution < -0.4 is 10.1 Å². The Balaban J connectivity index is 1.86. The summed E-state index contributed by atoms with van der Waals surface area (Å²) in [6, 6.07) is 6.80. The summed E-state index contributed by atoms with van der Waals surface area (Å²) in [5, 5.41) is 5.13. The molecule has 0 radical (unpaired) electrons. The van der Waals surface area contributed by atoms with Gasteiger partial charge in [0.2, 0.25) is 0 Å². The maximum atomic E-state index is 5.35. The molecule has 4 nitrogen and oxygen atoms in total. The lowest BCUT2D eigenvalue weighted by molar-refractivity contribution is 0.411. The molecule has 1 aliphatic carbocycles. The summed E-state index contributed by atoms with van der Waals surface area (Å²) in [7, 11) is 1.72. The van der Waals surface area contributed by atoms with Gasteiger partial charge in [-0.15, -0.1) is 0 Å². The molecule has 1 aliphatic rings. The highest BCUT2D eigenvalue weighted by Gasteiger charge is 2.30. The number of nitrogens with one attached hydrogen (secondary N) is 2. The Labute approximate surface area is 129 Å². The van der Waals surface area contributed by atoms with Gasteiger partial charge in [0.05, 0.1) is 7.11 Å². The molecule has 1 heterocycles. The number of ether oxygens (including phenoxy) is 1. The fourth-order valence-corrected chi connectivity index (χ4v) is 4.10. The van der Waals surface area contributed by atoms with Crippen molar-refractivity contribution in [2.24, 2.45) is 0 Å². The minimum atomic E-state index is 0.361. The standard InChI is InChI=1S/C16H21N3OS/c1-3-17-15-13-6-5-12(20-2)10-11(13)4-7-14(15)21-16-18-8-9-19-16/h5-6,8-10,14-15,17H,3-4,7H2,1-2H3,(H,18,19). The summed E-state index contributed by atoms with van der Waals surface area (Å²) in [5.41, 5.74) is 2.80. The Morgan fingerprint density at radius 1 is 1.48 bits per heavy atom. The van der Waals surface area contributed by atoms with Crippen LogP contribution in [0.5, 0.6) is 5.75 Å². The van der Waals surface area contributed by atoms with Crippen molar-refractivity contribution in [3.8, 4) is 5.75 Å². The third-order valence-electron chi connectivity index (χ3n) is 3.92. The third kappa shape index (κ3) is 3.09. The van der Waals surface area contributed by atoms with E-state index in [4.69, 9.17) is 4.74 Å². The van der Waals surface area contributed by atoms with E-state index in [9.17, 15) is 0 Å². The van der Waals surface area contributed by atoms with Crippen molar-refractivity contribution < 1.29 is 4.74 Å². The second-order valence-corrected chi connectivity index (χ2v) is 6.42. The molecule has 2 atom stereocenters. The Hall–Kier alpha value is -1.46. The van der Waals surface area contributed by atoms with E-state index in [0.29, 0.717) is 11.3 Å². The summed E-state index contributed by atoms with van der Waals surface area (Å²) in [6.07, 6.45) is 5.93. The highest BCUT2D eigenvalue weighted by atomic mass is 32.2. The molecule has 112 valence electrons. The fourth-order valence-electron chi connectivity index (χ4n) is 2.94. The third-order valence-corrected chi connectivity index (χ3v) is 5.17. The number of nitrogens with zero attached hydrogens (tertiary/aromatic N) is 1. The van der Waals surface area contributed by atoms with Crippen LogP contribution >= 0.6 is 11.8 Å². The molecule has 0 saturated carbocycles. The van der Waals surface area contributed by atoms with Crippen molar-refractivity contribution in [2.45, 2.75) is 36.2 Å². The first-order valence-electron chi connectivity index (χ1n) is 7.38. The van der Waals surface area contributed by atoms with Crippen molar-refractivity contribution in [3.63, 3.8) is 0 Å². The molecule has 3 rings (SSSR count). The number of H-pyrrole nitrogens is 1. The predicted molar refractivity (Wildman–Crippen MR) is 86.0 cm³/mol. The summed E-state index contributed by atoms with van der Waals surface area (Å²) < 4.78 is 5.35. The molecule has 0 amide bonds. The van der Waals surface area contributed by atoms with Gasteiger partial charge in [-0.1, -0.05) is 24.8 Å². The van der Waals surface area contributed by atoms with Gasteiger partial charge in [0.1, 0.15) is 5.75 Å². The smallest absolute Gasteiger partial charge is 0.165 e. The van der Waals surface area contributed by atoms with Crippen molar-refractivity contribution in [1.82, 2.24) is 15.3 Å². The Bertz CT molecular complexity index is 585. The molecule has 0 bridgehead atoms. The first-order valence-corrected chi connectivity index (χ1v) is 8.26. The van der Waals surface area contributed by atoms with Crippen LogP contribution in [0.3, 0.4) is 0 Å². The Kier molecular flexibility index (Phi) is 4.51. The first-order chi connectivity index (χ1) is 10.3. The molecule has 0 fully saturated rings. The summed E-state index contributed by atoms with van der Waals surface area (Å²) in [4.78, 5) is 7.54. The summed E-state index contributed by atoms with van der Waals surface area (Å²) in [6.45, 7) is 3.12. The van der Waals surface area contributed by atoms with E-state index in [1.54, 1.807) is 7.11 Å². The van der Waals surface area contributed by atoms with Crippen LogP contribution in [0.15, 0.2) is 35.7 Å². The van der Waals surface area contributed by atoms with Crippen LogP contribution in [0.1, 0.15) is 30.5 Å². The number of methoxy groups -OCH3 is 1. The number of aromatic nitrogens is 2. The number of aryl methyl sites for hydroxylation is 1. The van der Waals surface area contributed by atoms with Gasteiger partial charge in [-0.05, 0) is 42.6 Å². The lowest BCUT2D eigenvalue weighted by Gasteiger charge is -2.33. The molecule has 2 N–H and O–H groups in total. The highest BCUT2D eigenvalue weighted by Crippen LogP contribution is 2.40. The van der Waals surface area contributed by atoms with Gasteiger partial charge in [0.15, 0.2) is 5.16 Å². The highest BCUT2D eigenvalue weighted by molar-refractivity contribution is 7.99. The zero-order valence-corrected chi connectivity index (χ0v) is 13.2. The van der Waals surface area contributed by atoms with E-state index in [1.807, 2.05) is 24.2 Å². The van der Waals surface area contributed by atoms with Crippen LogP contribution in [0.4, 0.5) is 0 Å². The molecule has 21 heavy (non-hydrogen) atoms. The molecule has 5 heteroatoms. The first kappa shape index (κ1) is 14.5. The molecule has 0 saturated heterocycles. The number of hydrogen-bond acceptors (Lipinski definition) is 4. The topological polar surface area (TPSA) is 49.9 Å². The number of rotatable bonds is 5. The Morgan fingerprint density at radius 3 is 3.10 bits per heavy atom. The number of hydrogen-bond donors (Lipinski definition) is 2. The van der Waals surface area contributed by atoms with Crippen LogP contribution in [0.25, 0.3) is 0 Å². The average molecular weight is 303 g/mol. The maximum Gasteiger partial charge on any atom is 0.165 e. The molecule has 1 aromatic carbocycles. The van der Waals surface area contributed by atoms with Crippen molar-refractivity contribution in [3.05, 3.63) is 41.7 Å². The van der Waals surface area contributed by atoms with Crippen LogP contribution in [0, 0.1) is 0 Å². The van der Waals surface area contributed by atoms with Crippen molar-refractivity contribution >= 4 is 11.8 Å². The molecule has 2 aromatic rings. The van der Waals surface area contributed by atoms with E-state index in [-0.39, 0.29) is 0 Å². The monoisotopic (exact) mass is 303 g/mol. The molecule has 1 aromatic heterocycles. The minimum Gasteiger partial charge on any atom is -0.497 e. The summed E-state index contributed by atoms with van der Waals surface area (Å²) in [5.74, 6) is 0.945. The predicted octanol–water partition coefficient (Wildman–Crippen LogP) is 3.18. The SMILES string of the molecule is CCNC1c2ccc(OC)cc2CCC1Sc1ncc[nH]1. The van der Waals surface area contributed by atoms with Crippen LogP contribution in [-0.2, 0) is 6.42 Å².